The van der Waals surface area contributed by atoms with E-state index in [1.807, 2.05) is 30.3 Å². The van der Waals surface area contributed by atoms with Crippen LogP contribution in [0, 0.1) is 10.1 Å². The number of methoxy groups -OCH3 is 1. The molecule has 1 unspecified atom stereocenters. The number of hydrogen-bond donors (Lipinski definition) is 1. The van der Waals surface area contributed by atoms with Crippen LogP contribution in [0.4, 0.5) is 10.8 Å². The molecular weight excluding hydrogens is 438 g/mol. The van der Waals surface area contributed by atoms with Gasteiger partial charge in [0.1, 0.15) is 0 Å². The molecule has 32 heavy (non-hydrogen) atoms. The molecule has 0 aliphatic heterocycles. The van der Waals surface area contributed by atoms with Crippen molar-refractivity contribution in [3.63, 3.8) is 0 Å². The molecule has 0 aliphatic rings. The van der Waals surface area contributed by atoms with Crippen molar-refractivity contribution in [1.82, 2.24) is 4.98 Å². The Morgan fingerprint density at radius 2 is 1.75 bits per heavy atom. The lowest BCUT2D eigenvalue weighted by atomic mass is 10.1. The minimum absolute atomic E-state index is 0.193. The smallest absolute Gasteiger partial charge is 0.339 e. The van der Waals surface area contributed by atoms with Gasteiger partial charge >= 0.3 is 11.9 Å². The van der Waals surface area contributed by atoms with Gasteiger partial charge in [-0.3, -0.25) is 20.2 Å². The molecule has 3 aromatic rings. The second-order valence-electron chi connectivity index (χ2n) is 6.46. The summed E-state index contributed by atoms with van der Waals surface area (Å²) in [5.74, 6) is -2.50. The van der Waals surface area contributed by atoms with E-state index in [0.717, 1.165) is 30.9 Å². The molecule has 0 aliphatic carbocycles. The third kappa shape index (κ3) is 5.32. The van der Waals surface area contributed by atoms with E-state index < -0.39 is 34.6 Å². The van der Waals surface area contributed by atoms with Crippen molar-refractivity contribution in [1.29, 1.82) is 0 Å². The number of nitro groups is 1. The highest BCUT2D eigenvalue weighted by molar-refractivity contribution is 7.14. The van der Waals surface area contributed by atoms with Crippen LogP contribution in [0.1, 0.15) is 27.6 Å². The predicted molar refractivity (Wildman–Crippen MR) is 115 cm³/mol. The molecule has 2 aromatic carbocycles. The number of anilines is 1. The predicted octanol–water partition coefficient (Wildman–Crippen LogP) is 3.69. The van der Waals surface area contributed by atoms with Crippen molar-refractivity contribution >= 4 is 40.0 Å². The zero-order valence-corrected chi connectivity index (χ0v) is 17.8. The van der Waals surface area contributed by atoms with Crippen LogP contribution in [0.2, 0.25) is 0 Å². The molecule has 1 aromatic heterocycles. The van der Waals surface area contributed by atoms with Crippen molar-refractivity contribution < 1.29 is 28.8 Å². The largest absolute Gasteiger partial charge is 0.465 e. The number of esters is 2. The van der Waals surface area contributed by atoms with Crippen LogP contribution in [0.3, 0.4) is 0 Å². The zero-order valence-electron chi connectivity index (χ0n) is 16.9. The quantitative estimate of drug-likeness (QED) is 0.323. The summed E-state index contributed by atoms with van der Waals surface area (Å²) in [4.78, 5) is 51.3. The van der Waals surface area contributed by atoms with Crippen LogP contribution in [-0.2, 0) is 14.3 Å². The number of carbonyl (C=O) groups is 3. The average molecular weight is 455 g/mol. The molecule has 0 bridgehead atoms. The fourth-order valence-corrected chi connectivity index (χ4v) is 3.35. The lowest BCUT2D eigenvalue weighted by Gasteiger charge is -2.12. The van der Waals surface area contributed by atoms with E-state index in [0.29, 0.717) is 10.8 Å². The van der Waals surface area contributed by atoms with Crippen molar-refractivity contribution in [3.8, 4) is 11.3 Å². The Bertz CT molecular complexity index is 1180. The van der Waals surface area contributed by atoms with Crippen molar-refractivity contribution in [2.24, 2.45) is 0 Å². The third-order valence-corrected chi connectivity index (χ3v) is 5.00. The summed E-state index contributed by atoms with van der Waals surface area (Å²) in [6, 6.07) is 12.4. The number of nitrogens with zero attached hydrogens (tertiary/aromatic N) is 2. The molecular formula is C21H17N3O7S. The van der Waals surface area contributed by atoms with Gasteiger partial charge in [-0.1, -0.05) is 30.3 Å². The van der Waals surface area contributed by atoms with Crippen LogP contribution < -0.4 is 5.32 Å². The molecule has 0 radical (unpaired) electrons. The Morgan fingerprint density at radius 3 is 2.38 bits per heavy atom. The highest BCUT2D eigenvalue weighted by Gasteiger charge is 2.23. The number of nitro benzene ring substituents is 1. The highest BCUT2D eigenvalue weighted by Crippen LogP contribution is 2.25. The number of amides is 1. The van der Waals surface area contributed by atoms with Crippen LogP contribution in [-0.4, -0.2) is 41.0 Å². The molecule has 1 amide bonds. The van der Waals surface area contributed by atoms with Gasteiger partial charge in [0.15, 0.2) is 11.2 Å². The molecule has 0 spiro atoms. The van der Waals surface area contributed by atoms with E-state index in [1.54, 1.807) is 5.38 Å². The van der Waals surface area contributed by atoms with E-state index in [-0.39, 0.29) is 11.1 Å². The number of carbonyl (C=O) groups excluding carboxylic acids is 3. The van der Waals surface area contributed by atoms with Gasteiger partial charge in [-0.15, -0.1) is 11.3 Å². The Balaban J connectivity index is 1.69. The molecule has 1 heterocycles. The van der Waals surface area contributed by atoms with Gasteiger partial charge in [-0.05, 0) is 13.0 Å². The lowest BCUT2D eigenvalue weighted by Crippen LogP contribution is -2.30. The maximum atomic E-state index is 12.4. The van der Waals surface area contributed by atoms with E-state index in [4.69, 9.17) is 4.74 Å². The van der Waals surface area contributed by atoms with Crippen LogP contribution in [0.5, 0.6) is 0 Å². The first-order valence-electron chi connectivity index (χ1n) is 9.19. The molecule has 3 rings (SSSR count). The SMILES string of the molecule is COC(=O)c1cc(C(=O)OC(C)C(=O)Nc2nc(-c3ccccc3)cs2)cc([N+](=O)[O-])c1. The third-order valence-electron chi connectivity index (χ3n) is 4.24. The van der Waals surface area contributed by atoms with Crippen molar-refractivity contribution in [2.75, 3.05) is 12.4 Å². The number of thiazole rings is 1. The molecule has 0 saturated heterocycles. The molecule has 0 fully saturated rings. The van der Waals surface area contributed by atoms with Gasteiger partial charge in [0.2, 0.25) is 0 Å². The summed E-state index contributed by atoms with van der Waals surface area (Å²) >= 11 is 1.21. The van der Waals surface area contributed by atoms with Crippen molar-refractivity contribution in [3.05, 3.63) is 75.2 Å². The van der Waals surface area contributed by atoms with Gasteiger partial charge in [0, 0.05) is 23.1 Å². The maximum absolute atomic E-state index is 12.4. The number of hydrogen-bond acceptors (Lipinski definition) is 9. The summed E-state index contributed by atoms with van der Waals surface area (Å²) in [7, 11) is 1.10. The Kier molecular flexibility index (Phi) is 6.90. The first-order chi connectivity index (χ1) is 15.3. The van der Waals surface area contributed by atoms with Crippen LogP contribution in [0.15, 0.2) is 53.9 Å². The number of non-ortho nitro benzene ring substituents is 1. The molecule has 11 heteroatoms. The molecule has 10 nitrogen and oxygen atoms in total. The highest BCUT2D eigenvalue weighted by atomic mass is 32.1. The maximum Gasteiger partial charge on any atom is 0.339 e. The van der Waals surface area contributed by atoms with Gasteiger partial charge in [0.25, 0.3) is 11.6 Å². The number of benzene rings is 2. The molecule has 164 valence electrons. The van der Waals surface area contributed by atoms with Gasteiger partial charge in [-0.2, -0.15) is 0 Å². The van der Waals surface area contributed by atoms with Crippen LogP contribution in [0.25, 0.3) is 11.3 Å². The summed E-state index contributed by atoms with van der Waals surface area (Å²) < 4.78 is 9.66. The van der Waals surface area contributed by atoms with Crippen molar-refractivity contribution in [2.45, 2.75) is 13.0 Å². The minimum Gasteiger partial charge on any atom is -0.465 e. The molecule has 1 atom stereocenters. The van der Waals surface area contributed by atoms with E-state index in [9.17, 15) is 24.5 Å². The fraction of sp³-hybridized carbons (Fsp3) is 0.143. The second-order valence-corrected chi connectivity index (χ2v) is 7.32. The second kappa shape index (κ2) is 9.79. The molecule has 1 N–H and O–H groups in total. The monoisotopic (exact) mass is 455 g/mol. The first kappa shape index (κ1) is 22.6. The number of aromatic nitrogens is 1. The first-order valence-corrected chi connectivity index (χ1v) is 10.1. The lowest BCUT2D eigenvalue weighted by molar-refractivity contribution is -0.384. The van der Waals surface area contributed by atoms with Gasteiger partial charge in [0.05, 0.1) is 28.9 Å². The van der Waals surface area contributed by atoms with E-state index in [2.05, 4.69) is 15.0 Å². The minimum atomic E-state index is -1.23. The van der Waals surface area contributed by atoms with Gasteiger partial charge in [-0.25, -0.2) is 14.6 Å². The summed E-state index contributed by atoms with van der Waals surface area (Å²) in [6.07, 6.45) is -1.23. The average Bonchev–Trinajstić information content (AvgIpc) is 3.27. The van der Waals surface area contributed by atoms with Gasteiger partial charge < -0.3 is 9.47 Å². The Hall–Kier alpha value is -4.12. The zero-order chi connectivity index (χ0) is 23.3. The summed E-state index contributed by atoms with van der Waals surface area (Å²) in [6.45, 7) is 1.34. The summed E-state index contributed by atoms with van der Waals surface area (Å²) in [5, 5.41) is 15.8. The molecule has 0 saturated carbocycles. The fourth-order valence-electron chi connectivity index (χ4n) is 2.63. The standard InChI is InChI=1S/C21H17N3O7S/c1-12(18(25)23-21-22-17(11-32-21)13-6-4-3-5-7-13)31-20(27)15-8-14(19(26)30-2)9-16(10-15)24(28)29/h3-12H,1-2H3,(H,22,23,25). The number of nitrogens with one attached hydrogen (secondary N) is 1. The normalized spacial score (nSPS) is 11.3. The Morgan fingerprint density at radius 1 is 1.09 bits per heavy atom. The summed E-state index contributed by atoms with van der Waals surface area (Å²) in [5.41, 5.74) is 0.619. The van der Waals surface area contributed by atoms with E-state index in [1.165, 1.54) is 18.3 Å². The Labute approximate surface area is 186 Å². The number of ether oxygens (including phenoxy) is 2. The number of rotatable bonds is 7. The van der Waals surface area contributed by atoms with Crippen LogP contribution >= 0.6 is 11.3 Å². The van der Waals surface area contributed by atoms with E-state index >= 15 is 0 Å². The topological polar surface area (TPSA) is 138 Å².